The number of H-pyrrole nitrogens is 2. The van der Waals surface area contributed by atoms with Gasteiger partial charge in [0, 0.05) is 17.8 Å². The summed E-state index contributed by atoms with van der Waals surface area (Å²) in [5, 5.41) is 8.65. The van der Waals surface area contributed by atoms with Gasteiger partial charge in [0.15, 0.2) is 0 Å². The first-order valence-electron chi connectivity index (χ1n) is 5.30. The zero-order valence-corrected chi connectivity index (χ0v) is 9.37. The monoisotopic (exact) mass is 217 g/mol. The molecule has 0 amide bonds. The molecule has 1 aromatic heterocycles. The normalized spacial score (nSPS) is 10.7. The van der Waals surface area contributed by atoms with Crippen molar-refractivity contribution in [2.24, 2.45) is 0 Å². The van der Waals surface area contributed by atoms with E-state index in [0.717, 1.165) is 16.9 Å². The molecule has 0 aliphatic heterocycles. The average Bonchev–Trinajstić information content (AvgIpc) is 2.65. The minimum absolute atomic E-state index is 0.112. The summed E-state index contributed by atoms with van der Waals surface area (Å²) in [6, 6.07) is 9.91. The van der Waals surface area contributed by atoms with Crippen molar-refractivity contribution in [1.29, 1.82) is 0 Å². The van der Waals surface area contributed by atoms with E-state index in [2.05, 4.69) is 29.4 Å². The molecule has 1 aromatic carbocycles. The van der Waals surface area contributed by atoms with E-state index in [1.165, 1.54) is 0 Å². The second-order valence-electron chi connectivity index (χ2n) is 4.05. The van der Waals surface area contributed by atoms with E-state index in [0.29, 0.717) is 6.04 Å². The topological polar surface area (TPSA) is 60.7 Å². The molecule has 0 radical (unpaired) electrons. The van der Waals surface area contributed by atoms with E-state index in [4.69, 9.17) is 0 Å². The summed E-state index contributed by atoms with van der Waals surface area (Å²) >= 11 is 0. The fourth-order valence-electron chi connectivity index (χ4n) is 1.57. The van der Waals surface area contributed by atoms with E-state index in [1.807, 2.05) is 24.3 Å². The first kappa shape index (κ1) is 10.5. The summed E-state index contributed by atoms with van der Waals surface area (Å²) in [7, 11) is 0. The molecule has 16 heavy (non-hydrogen) atoms. The Hall–Kier alpha value is -1.97. The van der Waals surface area contributed by atoms with E-state index in [9.17, 15) is 4.79 Å². The van der Waals surface area contributed by atoms with Crippen LogP contribution in [0.25, 0.3) is 11.3 Å². The predicted molar refractivity (Wildman–Crippen MR) is 65.6 cm³/mol. The summed E-state index contributed by atoms with van der Waals surface area (Å²) < 4.78 is 0. The fourth-order valence-corrected chi connectivity index (χ4v) is 1.57. The lowest BCUT2D eigenvalue weighted by Crippen LogP contribution is -2.09. The molecule has 3 N–H and O–H groups in total. The Morgan fingerprint density at radius 2 is 1.81 bits per heavy atom. The SMILES string of the molecule is CC(C)Nc1ccc(-c2cc(=O)[nH][nH]2)cc1. The molecule has 2 rings (SSSR count). The van der Waals surface area contributed by atoms with Gasteiger partial charge in [-0.1, -0.05) is 12.1 Å². The van der Waals surface area contributed by atoms with Crippen molar-refractivity contribution in [3.8, 4) is 11.3 Å². The average molecular weight is 217 g/mol. The molecule has 4 nitrogen and oxygen atoms in total. The number of hydrogen-bond acceptors (Lipinski definition) is 2. The lowest BCUT2D eigenvalue weighted by Gasteiger charge is -2.09. The minimum atomic E-state index is -0.112. The van der Waals surface area contributed by atoms with Crippen LogP contribution < -0.4 is 10.9 Å². The van der Waals surface area contributed by atoms with Crippen LogP contribution in [0.5, 0.6) is 0 Å². The predicted octanol–water partition coefficient (Wildman–Crippen LogP) is 2.19. The Kier molecular flexibility index (Phi) is 2.81. The molecular weight excluding hydrogens is 202 g/mol. The summed E-state index contributed by atoms with van der Waals surface area (Å²) in [6.07, 6.45) is 0. The first-order chi connectivity index (χ1) is 7.65. The standard InChI is InChI=1S/C12H15N3O/c1-8(2)13-10-5-3-9(4-6-10)11-7-12(16)15-14-11/h3-8,13H,1-2H3,(H2,14,15,16). The maximum Gasteiger partial charge on any atom is 0.264 e. The lowest BCUT2D eigenvalue weighted by atomic mass is 10.1. The van der Waals surface area contributed by atoms with E-state index in [-0.39, 0.29) is 5.56 Å². The third-order valence-corrected chi connectivity index (χ3v) is 2.25. The van der Waals surface area contributed by atoms with Crippen LogP contribution in [0.2, 0.25) is 0 Å². The Labute approximate surface area is 93.7 Å². The van der Waals surface area contributed by atoms with E-state index in [1.54, 1.807) is 6.07 Å². The van der Waals surface area contributed by atoms with Crippen molar-refractivity contribution in [2.75, 3.05) is 5.32 Å². The van der Waals surface area contributed by atoms with Crippen LogP contribution in [0.1, 0.15) is 13.8 Å². The second kappa shape index (κ2) is 4.26. The number of rotatable bonds is 3. The molecule has 1 heterocycles. The maximum atomic E-state index is 11.0. The van der Waals surface area contributed by atoms with Gasteiger partial charge in [-0.2, -0.15) is 0 Å². The smallest absolute Gasteiger partial charge is 0.264 e. The van der Waals surface area contributed by atoms with Crippen LogP contribution in [-0.4, -0.2) is 16.2 Å². The van der Waals surface area contributed by atoms with Gasteiger partial charge in [-0.05, 0) is 31.5 Å². The first-order valence-corrected chi connectivity index (χ1v) is 5.30. The zero-order valence-electron chi connectivity index (χ0n) is 9.37. The maximum absolute atomic E-state index is 11.0. The minimum Gasteiger partial charge on any atom is -0.383 e. The fraction of sp³-hybridized carbons (Fsp3) is 0.250. The zero-order chi connectivity index (χ0) is 11.5. The van der Waals surface area contributed by atoms with Crippen molar-refractivity contribution in [3.05, 3.63) is 40.7 Å². The summed E-state index contributed by atoms with van der Waals surface area (Å²) in [5.74, 6) is 0. The van der Waals surface area contributed by atoms with E-state index < -0.39 is 0 Å². The van der Waals surface area contributed by atoms with Crippen LogP contribution in [0.15, 0.2) is 35.1 Å². The number of aromatic nitrogens is 2. The highest BCUT2D eigenvalue weighted by molar-refractivity contribution is 5.62. The van der Waals surface area contributed by atoms with Gasteiger partial charge in [0.25, 0.3) is 5.56 Å². The molecule has 2 aromatic rings. The summed E-state index contributed by atoms with van der Waals surface area (Å²) in [6.45, 7) is 4.19. The quantitative estimate of drug-likeness (QED) is 0.738. The van der Waals surface area contributed by atoms with Crippen molar-refractivity contribution in [3.63, 3.8) is 0 Å². The third-order valence-electron chi connectivity index (χ3n) is 2.25. The van der Waals surface area contributed by atoms with Crippen LogP contribution >= 0.6 is 0 Å². The molecule has 84 valence electrons. The Balaban J connectivity index is 2.22. The van der Waals surface area contributed by atoms with Gasteiger partial charge in [0.2, 0.25) is 0 Å². The highest BCUT2D eigenvalue weighted by atomic mass is 16.1. The molecule has 0 aliphatic carbocycles. The highest BCUT2D eigenvalue weighted by Gasteiger charge is 2.00. The summed E-state index contributed by atoms with van der Waals surface area (Å²) in [5.41, 5.74) is 2.77. The van der Waals surface area contributed by atoms with Crippen molar-refractivity contribution >= 4 is 5.69 Å². The molecule has 0 saturated heterocycles. The van der Waals surface area contributed by atoms with E-state index >= 15 is 0 Å². The number of aromatic amines is 2. The molecule has 0 spiro atoms. The number of benzene rings is 1. The molecule has 0 unspecified atom stereocenters. The second-order valence-corrected chi connectivity index (χ2v) is 4.05. The summed E-state index contributed by atoms with van der Waals surface area (Å²) in [4.78, 5) is 11.0. The molecular formula is C12H15N3O. The van der Waals surface area contributed by atoms with Crippen molar-refractivity contribution in [2.45, 2.75) is 19.9 Å². The molecule has 0 fully saturated rings. The molecule has 0 bridgehead atoms. The highest BCUT2D eigenvalue weighted by Crippen LogP contribution is 2.18. The van der Waals surface area contributed by atoms with Crippen molar-refractivity contribution < 1.29 is 0 Å². The van der Waals surface area contributed by atoms with Gasteiger partial charge in [0.1, 0.15) is 0 Å². The van der Waals surface area contributed by atoms with Gasteiger partial charge in [0.05, 0.1) is 5.69 Å². The van der Waals surface area contributed by atoms with Crippen LogP contribution in [0.4, 0.5) is 5.69 Å². The van der Waals surface area contributed by atoms with Gasteiger partial charge >= 0.3 is 0 Å². The third kappa shape index (κ3) is 2.34. The molecule has 0 aliphatic rings. The van der Waals surface area contributed by atoms with Gasteiger partial charge in [-0.25, -0.2) is 0 Å². The largest absolute Gasteiger partial charge is 0.383 e. The van der Waals surface area contributed by atoms with Crippen LogP contribution in [0.3, 0.4) is 0 Å². The molecule has 0 atom stereocenters. The van der Waals surface area contributed by atoms with Gasteiger partial charge in [-0.3, -0.25) is 15.0 Å². The Bertz CT molecular complexity index is 508. The Morgan fingerprint density at radius 1 is 1.12 bits per heavy atom. The van der Waals surface area contributed by atoms with Crippen LogP contribution in [-0.2, 0) is 0 Å². The number of anilines is 1. The van der Waals surface area contributed by atoms with Gasteiger partial charge in [-0.15, -0.1) is 0 Å². The number of hydrogen-bond donors (Lipinski definition) is 3. The number of nitrogens with one attached hydrogen (secondary N) is 3. The Morgan fingerprint density at radius 3 is 2.31 bits per heavy atom. The molecule has 0 saturated carbocycles. The lowest BCUT2D eigenvalue weighted by molar-refractivity contribution is 0.900. The van der Waals surface area contributed by atoms with Crippen LogP contribution in [0, 0.1) is 0 Å². The van der Waals surface area contributed by atoms with Crippen molar-refractivity contribution in [1.82, 2.24) is 10.2 Å². The molecule has 4 heteroatoms. The van der Waals surface area contributed by atoms with Gasteiger partial charge < -0.3 is 5.32 Å².